The number of carbonyl (C=O) groups is 1. The fourth-order valence-corrected chi connectivity index (χ4v) is 3.18. The highest BCUT2D eigenvalue weighted by molar-refractivity contribution is 5.76. The van der Waals surface area contributed by atoms with Crippen LogP contribution in [0.3, 0.4) is 0 Å². The molecule has 30 heavy (non-hydrogen) atoms. The van der Waals surface area contributed by atoms with Crippen molar-refractivity contribution >= 4 is 5.91 Å². The summed E-state index contributed by atoms with van der Waals surface area (Å²) in [5.41, 5.74) is 1.91. The van der Waals surface area contributed by atoms with Crippen LogP contribution in [0.1, 0.15) is 31.2 Å². The molecule has 0 unspecified atom stereocenters. The largest absolute Gasteiger partial charge is 0.493 e. The summed E-state index contributed by atoms with van der Waals surface area (Å²) in [5.74, 6) is 2.36. The molecule has 0 aliphatic heterocycles. The number of ether oxygens (including phenoxy) is 2. The third-order valence-electron chi connectivity index (χ3n) is 4.84. The predicted octanol–water partition coefficient (Wildman–Crippen LogP) is 4.13. The molecule has 0 aliphatic rings. The maximum atomic E-state index is 12.6. The second-order valence-electron chi connectivity index (χ2n) is 6.83. The first kappa shape index (κ1) is 21.4. The van der Waals surface area contributed by atoms with Gasteiger partial charge >= 0.3 is 0 Å². The van der Waals surface area contributed by atoms with Crippen molar-refractivity contribution in [1.29, 1.82) is 0 Å². The van der Waals surface area contributed by atoms with Gasteiger partial charge in [-0.1, -0.05) is 35.5 Å². The molecule has 0 N–H and O–H groups in total. The average Bonchev–Trinajstić information content (AvgIpc) is 3.26. The SMILES string of the molecule is CCN(Cc1ccccc1)C(=O)CCCc1nc(-c2ccc(OC)c(OC)c2)no1. The smallest absolute Gasteiger partial charge is 0.226 e. The Bertz CT molecular complexity index is 956. The van der Waals surface area contributed by atoms with Gasteiger partial charge in [0.05, 0.1) is 14.2 Å². The van der Waals surface area contributed by atoms with Crippen LogP contribution >= 0.6 is 0 Å². The lowest BCUT2D eigenvalue weighted by Crippen LogP contribution is -2.30. The van der Waals surface area contributed by atoms with E-state index < -0.39 is 0 Å². The molecule has 158 valence electrons. The number of rotatable bonds is 10. The van der Waals surface area contributed by atoms with Crippen molar-refractivity contribution in [2.45, 2.75) is 32.7 Å². The van der Waals surface area contributed by atoms with E-state index in [1.807, 2.05) is 48.2 Å². The number of carbonyl (C=O) groups excluding carboxylic acids is 1. The highest BCUT2D eigenvalue weighted by Crippen LogP contribution is 2.31. The van der Waals surface area contributed by atoms with Crippen LogP contribution in [0.15, 0.2) is 53.1 Å². The highest BCUT2D eigenvalue weighted by atomic mass is 16.5. The first-order valence-corrected chi connectivity index (χ1v) is 10.0. The maximum Gasteiger partial charge on any atom is 0.226 e. The summed E-state index contributed by atoms with van der Waals surface area (Å²) in [6, 6.07) is 15.5. The first-order chi connectivity index (χ1) is 14.6. The number of benzene rings is 2. The number of hydrogen-bond acceptors (Lipinski definition) is 6. The fraction of sp³-hybridized carbons (Fsp3) is 0.348. The highest BCUT2D eigenvalue weighted by Gasteiger charge is 2.15. The Labute approximate surface area is 176 Å². The number of aryl methyl sites for hydroxylation is 1. The van der Waals surface area contributed by atoms with Crippen LogP contribution in [-0.4, -0.2) is 41.7 Å². The minimum atomic E-state index is 0.126. The van der Waals surface area contributed by atoms with E-state index in [9.17, 15) is 4.79 Å². The summed E-state index contributed by atoms with van der Waals surface area (Å²) in [7, 11) is 3.17. The minimum Gasteiger partial charge on any atom is -0.493 e. The van der Waals surface area contributed by atoms with Crippen LogP contribution in [0, 0.1) is 0 Å². The van der Waals surface area contributed by atoms with E-state index in [2.05, 4.69) is 10.1 Å². The number of amides is 1. The lowest BCUT2D eigenvalue weighted by molar-refractivity contribution is -0.131. The Morgan fingerprint density at radius 2 is 1.83 bits per heavy atom. The molecule has 0 aliphatic carbocycles. The van der Waals surface area contributed by atoms with Gasteiger partial charge in [-0.3, -0.25) is 4.79 Å². The Kier molecular flexibility index (Phi) is 7.43. The number of methoxy groups -OCH3 is 2. The lowest BCUT2D eigenvalue weighted by Gasteiger charge is -2.21. The molecule has 0 saturated carbocycles. The maximum absolute atomic E-state index is 12.6. The van der Waals surface area contributed by atoms with Gasteiger partial charge in [0.15, 0.2) is 11.5 Å². The van der Waals surface area contributed by atoms with Crippen LogP contribution in [0.2, 0.25) is 0 Å². The Hall–Kier alpha value is -3.35. The second kappa shape index (κ2) is 10.4. The fourth-order valence-electron chi connectivity index (χ4n) is 3.18. The third-order valence-corrected chi connectivity index (χ3v) is 4.84. The molecular formula is C23H27N3O4. The summed E-state index contributed by atoms with van der Waals surface area (Å²) in [5, 5.41) is 4.04. The Balaban J connectivity index is 1.54. The van der Waals surface area contributed by atoms with E-state index in [4.69, 9.17) is 14.0 Å². The molecule has 0 atom stereocenters. The molecule has 0 radical (unpaired) electrons. The molecule has 0 spiro atoms. The van der Waals surface area contributed by atoms with Crippen molar-refractivity contribution in [3.8, 4) is 22.9 Å². The van der Waals surface area contributed by atoms with Crippen molar-refractivity contribution in [3.63, 3.8) is 0 Å². The van der Waals surface area contributed by atoms with E-state index >= 15 is 0 Å². The van der Waals surface area contributed by atoms with Crippen molar-refractivity contribution < 1.29 is 18.8 Å². The Morgan fingerprint density at radius 3 is 2.53 bits per heavy atom. The molecule has 2 aromatic carbocycles. The zero-order valence-corrected chi connectivity index (χ0v) is 17.6. The van der Waals surface area contributed by atoms with Crippen LogP contribution in [0.25, 0.3) is 11.4 Å². The van der Waals surface area contributed by atoms with E-state index in [-0.39, 0.29) is 5.91 Å². The summed E-state index contributed by atoms with van der Waals surface area (Å²) >= 11 is 0. The molecule has 7 heteroatoms. The van der Waals surface area contributed by atoms with Gasteiger partial charge in [0.25, 0.3) is 0 Å². The molecule has 3 rings (SSSR count). The van der Waals surface area contributed by atoms with E-state index in [0.717, 1.165) is 11.1 Å². The summed E-state index contributed by atoms with van der Waals surface area (Å²) in [6.45, 7) is 3.30. The van der Waals surface area contributed by atoms with E-state index in [1.165, 1.54) is 0 Å². The summed E-state index contributed by atoms with van der Waals surface area (Å²) in [4.78, 5) is 18.9. The number of nitrogens with zero attached hydrogens (tertiary/aromatic N) is 3. The molecule has 1 amide bonds. The molecule has 1 aromatic heterocycles. The van der Waals surface area contributed by atoms with Crippen LogP contribution < -0.4 is 9.47 Å². The topological polar surface area (TPSA) is 77.7 Å². The molecule has 0 fully saturated rings. The van der Waals surface area contributed by atoms with Gasteiger partial charge in [-0.25, -0.2) is 0 Å². The van der Waals surface area contributed by atoms with Gasteiger partial charge in [-0.15, -0.1) is 0 Å². The van der Waals surface area contributed by atoms with E-state index in [0.29, 0.717) is 55.6 Å². The first-order valence-electron chi connectivity index (χ1n) is 10.0. The third kappa shape index (κ3) is 5.37. The Morgan fingerprint density at radius 1 is 1.07 bits per heavy atom. The number of aromatic nitrogens is 2. The van der Waals surface area contributed by atoms with Crippen molar-refractivity contribution in [1.82, 2.24) is 15.0 Å². The van der Waals surface area contributed by atoms with Gasteiger partial charge in [0.2, 0.25) is 17.6 Å². The van der Waals surface area contributed by atoms with Crippen molar-refractivity contribution in [2.24, 2.45) is 0 Å². The van der Waals surface area contributed by atoms with Gasteiger partial charge in [-0.2, -0.15) is 4.98 Å². The summed E-state index contributed by atoms with van der Waals surface area (Å²) in [6.07, 6.45) is 1.64. The van der Waals surface area contributed by atoms with Gasteiger partial charge in [0, 0.05) is 31.5 Å². The van der Waals surface area contributed by atoms with Crippen LogP contribution in [-0.2, 0) is 17.8 Å². The van der Waals surface area contributed by atoms with Gasteiger partial charge < -0.3 is 18.9 Å². The monoisotopic (exact) mass is 409 g/mol. The molecular weight excluding hydrogens is 382 g/mol. The van der Waals surface area contributed by atoms with Crippen molar-refractivity contribution in [3.05, 3.63) is 60.0 Å². The number of hydrogen-bond donors (Lipinski definition) is 0. The molecule has 1 heterocycles. The lowest BCUT2D eigenvalue weighted by atomic mass is 10.1. The molecule has 3 aromatic rings. The molecule has 0 bridgehead atoms. The zero-order chi connectivity index (χ0) is 21.3. The standard InChI is InChI=1S/C23H27N3O4/c1-4-26(16-17-9-6-5-7-10-17)22(27)12-8-11-21-24-23(25-30-21)18-13-14-19(28-2)20(15-18)29-3/h5-7,9-10,13-15H,4,8,11-12,16H2,1-3H3. The van der Waals surface area contributed by atoms with Crippen LogP contribution in [0.5, 0.6) is 11.5 Å². The quantitative estimate of drug-likeness (QED) is 0.501. The zero-order valence-electron chi connectivity index (χ0n) is 17.6. The average molecular weight is 409 g/mol. The normalized spacial score (nSPS) is 10.6. The summed E-state index contributed by atoms with van der Waals surface area (Å²) < 4.78 is 15.9. The van der Waals surface area contributed by atoms with Crippen LogP contribution in [0.4, 0.5) is 0 Å². The molecule has 7 nitrogen and oxygen atoms in total. The van der Waals surface area contributed by atoms with Gasteiger partial charge in [-0.05, 0) is 37.1 Å². The second-order valence-corrected chi connectivity index (χ2v) is 6.83. The van der Waals surface area contributed by atoms with Gasteiger partial charge in [0.1, 0.15) is 0 Å². The van der Waals surface area contributed by atoms with E-state index in [1.54, 1.807) is 26.4 Å². The minimum absolute atomic E-state index is 0.126. The van der Waals surface area contributed by atoms with Crippen molar-refractivity contribution in [2.75, 3.05) is 20.8 Å². The molecule has 0 saturated heterocycles. The predicted molar refractivity (Wildman–Crippen MR) is 113 cm³/mol.